The Kier molecular flexibility index (Phi) is 5.28. The summed E-state index contributed by atoms with van der Waals surface area (Å²) in [6, 6.07) is 14.8. The number of methoxy groups -OCH3 is 2. The lowest BCUT2D eigenvalue weighted by Gasteiger charge is -2.07. The van der Waals surface area contributed by atoms with Crippen molar-refractivity contribution in [3.63, 3.8) is 0 Å². The molecule has 0 aliphatic rings. The molecule has 0 N–H and O–H groups in total. The smallest absolute Gasteiger partial charge is 0.332 e. The SMILES string of the molecule is COc1ccc(C=c2c(=O)n(Cc3ccccc3)c3nc4c(c(=O)n(C)c(=O)n4C)n23)cc1OC. The van der Waals surface area contributed by atoms with Crippen molar-refractivity contribution < 1.29 is 9.47 Å². The van der Waals surface area contributed by atoms with Crippen molar-refractivity contribution in [1.29, 1.82) is 0 Å². The van der Waals surface area contributed by atoms with Crippen LogP contribution in [0.15, 0.2) is 62.9 Å². The number of rotatable bonds is 5. The molecule has 0 saturated heterocycles. The van der Waals surface area contributed by atoms with Crippen LogP contribution in [0.25, 0.3) is 23.0 Å². The molecule has 178 valence electrons. The van der Waals surface area contributed by atoms with Gasteiger partial charge in [0, 0.05) is 14.1 Å². The fraction of sp³-hybridized carbons (Fsp3) is 0.200. The van der Waals surface area contributed by atoms with Crippen molar-refractivity contribution in [3.05, 3.63) is 96.2 Å². The Bertz CT molecular complexity index is 1830. The molecule has 0 fully saturated rings. The highest BCUT2D eigenvalue weighted by Gasteiger charge is 2.21. The third kappa shape index (κ3) is 3.41. The third-order valence-corrected chi connectivity index (χ3v) is 6.08. The van der Waals surface area contributed by atoms with Gasteiger partial charge in [-0.1, -0.05) is 36.4 Å². The first kappa shape index (κ1) is 22.2. The summed E-state index contributed by atoms with van der Waals surface area (Å²) in [5, 5.41) is 0.237. The average molecular weight is 473 g/mol. The summed E-state index contributed by atoms with van der Waals surface area (Å²) in [5.41, 5.74) is 0.580. The predicted molar refractivity (Wildman–Crippen MR) is 131 cm³/mol. The second kappa shape index (κ2) is 8.32. The summed E-state index contributed by atoms with van der Waals surface area (Å²) in [6.45, 7) is 0.251. The summed E-state index contributed by atoms with van der Waals surface area (Å²) in [6.07, 6.45) is 1.67. The molecule has 0 spiro atoms. The van der Waals surface area contributed by atoms with Gasteiger partial charge in [-0.15, -0.1) is 0 Å². The Morgan fingerprint density at radius 2 is 1.60 bits per heavy atom. The van der Waals surface area contributed by atoms with Crippen LogP contribution >= 0.6 is 0 Å². The van der Waals surface area contributed by atoms with E-state index in [0.717, 1.165) is 10.1 Å². The molecule has 0 saturated carbocycles. The number of fused-ring (bicyclic) bond motifs is 3. The largest absolute Gasteiger partial charge is 0.493 e. The standard InChI is InChI=1S/C25H23N5O5/c1-27-21-20(23(32)28(2)25(27)33)30-17(12-16-10-11-18(34-3)19(13-16)35-4)22(31)29(24(30)26-21)14-15-8-6-5-7-9-15/h5-13H,14H2,1-4H3. The van der Waals surface area contributed by atoms with E-state index in [1.54, 1.807) is 38.4 Å². The molecule has 10 heteroatoms. The van der Waals surface area contributed by atoms with Crippen molar-refractivity contribution >= 4 is 23.0 Å². The van der Waals surface area contributed by atoms with Gasteiger partial charge in [0.1, 0.15) is 5.35 Å². The van der Waals surface area contributed by atoms with Crippen LogP contribution in [-0.4, -0.2) is 37.3 Å². The number of nitrogens with zero attached hydrogens (tertiary/aromatic N) is 5. The maximum absolute atomic E-state index is 13.7. The van der Waals surface area contributed by atoms with Gasteiger partial charge in [-0.2, -0.15) is 4.98 Å². The van der Waals surface area contributed by atoms with Crippen LogP contribution < -0.4 is 31.6 Å². The molecular weight excluding hydrogens is 450 g/mol. The van der Waals surface area contributed by atoms with Crippen molar-refractivity contribution in [3.8, 4) is 11.5 Å². The molecule has 0 unspecified atom stereocenters. The molecule has 5 aromatic rings. The molecule has 2 aromatic carbocycles. The van der Waals surface area contributed by atoms with Crippen LogP contribution in [0.4, 0.5) is 0 Å². The second-order valence-electron chi connectivity index (χ2n) is 8.15. The van der Waals surface area contributed by atoms with E-state index in [1.807, 2.05) is 30.3 Å². The fourth-order valence-corrected chi connectivity index (χ4v) is 4.25. The van der Waals surface area contributed by atoms with Crippen molar-refractivity contribution in [1.82, 2.24) is 23.1 Å². The number of aromatic nitrogens is 5. The van der Waals surface area contributed by atoms with E-state index >= 15 is 0 Å². The first-order valence-electron chi connectivity index (χ1n) is 10.8. The van der Waals surface area contributed by atoms with E-state index in [9.17, 15) is 14.4 Å². The minimum Gasteiger partial charge on any atom is -0.493 e. The molecule has 5 rings (SSSR count). The molecular formula is C25H23N5O5. The van der Waals surface area contributed by atoms with Crippen LogP contribution in [0, 0.1) is 0 Å². The topological polar surface area (TPSA) is 102 Å². The number of hydrogen-bond donors (Lipinski definition) is 0. The van der Waals surface area contributed by atoms with Gasteiger partial charge in [-0.25, -0.2) is 4.79 Å². The van der Waals surface area contributed by atoms with Gasteiger partial charge < -0.3 is 9.47 Å². The van der Waals surface area contributed by atoms with Crippen molar-refractivity contribution in [2.75, 3.05) is 14.2 Å². The van der Waals surface area contributed by atoms with Crippen LogP contribution in [-0.2, 0) is 20.6 Å². The van der Waals surface area contributed by atoms with Gasteiger partial charge in [0.15, 0.2) is 22.7 Å². The number of ether oxygens (including phenoxy) is 2. The molecule has 0 atom stereocenters. The van der Waals surface area contributed by atoms with Gasteiger partial charge in [-0.05, 0) is 29.3 Å². The summed E-state index contributed by atoms with van der Waals surface area (Å²) < 4.78 is 16.1. The number of aryl methyl sites for hydroxylation is 1. The van der Waals surface area contributed by atoms with E-state index < -0.39 is 11.2 Å². The highest BCUT2D eigenvalue weighted by molar-refractivity contribution is 5.76. The molecule has 0 radical (unpaired) electrons. The molecule has 35 heavy (non-hydrogen) atoms. The number of benzene rings is 2. The number of imidazole rings is 2. The van der Waals surface area contributed by atoms with E-state index in [1.165, 1.54) is 27.7 Å². The molecule has 3 aromatic heterocycles. The fourth-order valence-electron chi connectivity index (χ4n) is 4.25. The summed E-state index contributed by atoms with van der Waals surface area (Å²) in [7, 11) is 6.03. The van der Waals surface area contributed by atoms with Crippen molar-refractivity contribution in [2.45, 2.75) is 6.54 Å². The molecule has 0 aliphatic heterocycles. The molecule has 0 aliphatic carbocycles. The minimum absolute atomic E-state index is 0.153. The molecule has 3 heterocycles. The van der Waals surface area contributed by atoms with Gasteiger partial charge in [0.25, 0.3) is 11.1 Å². The van der Waals surface area contributed by atoms with Gasteiger partial charge >= 0.3 is 5.69 Å². The Labute approximate surface area is 198 Å². The summed E-state index contributed by atoms with van der Waals surface area (Å²) >= 11 is 0. The van der Waals surface area contributed by atoms with E-state index in [4.69, 9.17) is 9.47 Å². The normalized spacial score (nSPS) is 12.1. The lowest BCUT2D eigenvalue weighted by Crippen LogP contribution is -2.39. The Morgan fingerprint density at radius 3 is 2.29 bits per heavy atom. The van der Waals surface area contributed by atoms with E-state index in [2.05, 4.69) is 4.98 Å². The third-order valence-electron chi connectivity index (χ3n) is 6.08. The zero-order chi connectivity index (χ0) is 24.9. The van der Waals surface area contributed by atoms with Crippen molar-refractivity contribution in [2.24, 2.45) is 14.1 Å². The predicted octanol–water partition coefficient (Wildman–Crippen LogP) is 0.660. The summed E-state index contributed by atoms with van der Waals surface area (Å²) in [4.78, 5) is 43.9. The second-order valence-corrected chi connectivity index (χ2v) is 8.15. The van der Waals surface area contributed by atoms with Crippen LogP contribution in [0.3, 0.4) is 0 Å². The van der Waals surface area contributed by atoms with Crippen LogP contribution in [0.2, 0.25) is 0 Å². The zero-order valence-electron chi connectivity index (χ0n) is 19.7. The van der Waals surface area contributed by atoms with Gasteiger partial charge in [-0.3, -0.25) is 27.7 Å². The van der Waals surface area contributed by atoms with Crippen LogP contribution in [0.5, 0.6) is 11.5 Å². The lowest BCUT2D eigenvalue weighted by atomic mass is 10.2. The molecule has 0 bridgehead atoms. The zero-order valence-corrected chi connectivity index (χ0v) is 19.7. The highest BCUT2D eigenvalue weighted by atomic mass is 16.5. The first-order chi connectivity index (χ1) is 16.8. The molecule has 10 nitrogen and oxygen atoms in total. The monoisotopic (exact) mass is 473 g/mol. The quantitative estimate of drug-likeness (QED) is 0.372. The first-order valence-corrected chi connectivity index (χ1v) is 10.8. The van der Waals surface area contributed by atoms with E-state index in [0.29, 0.717) is 17.1 Å². The minimum atomic E-state index is -0.533. The van der Waals surface area contributed by atoms with E-state index in [-0.39, 0.29) is 34.4 Å². The summed E-state index contributed by atoms with van der Waals surface area (Å²) in [5.74, 6) is 1.33. The highest BCUT2D eigenvalue weighted by Crippen LogP contribution is 2.27. The maximum Gasteiger partial charge on any atom is 0.332 e. The maximum atomic E-state index is 13.7. The van der Waals surface area contributed by atoms with Gasteiger partial charge in [0.2, 0.25) is 5.78 Å². The Hall–Kier alpha value is -4.60. The molecule has 0 amide bonds. The average Bonchev–Trinajstić information content (AvgIpc) is 3.38. The number of hydrogen-bond acceptors (Lipinski definition) is 6. The van der Waals surface area contributed by atoms with Gasteiger partial charge in [0.05, 0.1) is 20.8 Å². The van der Waals surface area contributed by atoms with Crippen LogP contribution in [0.1, 0.15) is 11.1 Å². The lowest BCUT2D eigenvalue weighted by molar-refractivity contribution is 0.355. The Morgan fingerprint density at radius 1 is 0.886 bits per heavy atom. The Balaban J connectivity index is 1.91.